The van der Waals surface area contributed by atoms with Crippen LogP contribution in [0.2, 0.25) is 10.3 Å². The Balaban J connectivity index is 1.36. The molecule has 2 heterocycles. The number of benzene rings is 3. The van der Waals surface area contributed by atoms with Crippen LogP contribution in [-0.2, 0) is 10.1 Å². The Morgan fingerprint density at radius 3 is 2.31 bits per heavy atom. The molecule has 0 radical (unpaired) electrons. The summed E-state index contributed by atoms with van der Waals surface area (Å²) in [5.74, 6) is 0.177. The van der Waals surface area contributed by atoms with Crippen LogP contribution in [0, 0.1) is 6.92 Å². The maximum atomic E-state index is 11.4. The molecule has 0 unspecified atom stereocenters. The Labute approximate surface area is 220 Å². The number of halogens is 2. The number of nitrogens with zero attached hydrogens (tertiary/aromatic N) is 4. The fraction of sp³-hybridized carbons (Fsp3) is 0.0435. The first-order chi connectivity index (χ1) is 17.1. The molecule has 0 amide bonds. The van der Waals surface area contributed by atoms with Gasteiger partial charge >= 0.3 is 0 Å². The van der Waals surface area contributed by atoms with Gasteiger partial charge in [0.25, 0.3) is 10.1 Å². The van der Waals surface area contributed by atoms with Crippen molar-refractivity contribution in [1.29, 1.82) is 0 Å². The van der Waals surface area contributed by atoms with Gasteiger partial charge in [-0.15, -0.1) is 11.3 Å². The normalized spacial score (nSPS) is 11.6. The molecule has 9 nitrogen and oxygen atoms in total. The number of hydrogen-bond donors (Lipinski definition) is 3. The van der Waals surface area contributed by atoms with E-state index in [1.165, 1.54) is 17.7 Å². The molecule has 0 aliphatic carbocycles. The van der Waals surface area contributed by atoms with Gasteiger partial charge in [0.15, 0.2) is 0 Å². The van der Waals surface area contributed by atoms with Gasteiger partial charge in [-0.05, 0) is 78.7 Å². The monoisotopic (exact) mass is 558 g/mol. The van der Waals surface area contributed by atoms with E-state index in [4.69, 9.17) is 28.2 Å². The van der Waals surface area contributed by atoms with E-state index in [0.717, 1.165) is 26.9 Å². The first-order valence-corrected chi connectivity index (χ1v) is 13.4. The standard InChI is InChI=1S/C23H16Cl2N6O3S2/c1-12-2-9-17-19(10-12)35-20(27-17)13-3-5-14(6-4-13)26-22-29-21(25)30-23(31-22)28-18-11-15(36(32,33)34)7-8-16(18)24/h2-11H,1H3,(H,32,33,34)(H2,26,28,29,30,31). The van der Waals surface area contributed by atoms with Gasteiger partial charge in [-0.2, -0.15) is 23.4 Å². The molecule has 0 spiro atoms. The third-order valence-corrected chi connectivity index (χ3v) is 7.44. The number of aromatic nitrogens is 4. The highest BCUT2D eigenvalue weighted by Gasteiger charge is 2.14. The fourth-order valence-corrected chi connectivity index (χ4v) is 5.22. The average Bonchev–Trinajstić information content (AvgIpc) is 3.23. The van der Waals surface area contributed by atoms with E-state index >= 15 is 0 Å². The van der Waals surface area contributed by atoms with Crippen LogP contribution in [0.25, 0.3) is 20.8 Å². The molecule has 5 aromatic rings. The number of fused-ring (bicyclic) bond motifs is 1. The number of rotatable bonds is 6. The van der Waals surface area contributed by atoms with E-state index < -0.39 is 10.1 Å². The van der Waals surface area contributed by atoms with Gasteiger partial charge in [0.05, 0.1) is 25.8 Å². The Morgan fingerprint density at radius 2 is 1.58 bits per heavy atom. The van der Waals surface area contributed by atoms with Gasteiger partial charge < -0.3 is 10.6 Å². The van der Waals surface area contributed by atoms with E-state index in [1.807, 2.05) is 36.4 Å². The van der Waals surface area contributed by atoms with Crippen LogP contribution >= 0.6 is 34.5 Å². The molecule has 13 heteroatoms. The lowest BCUT2D eigenvalue weighted by molar-refractivity contribution is 0.483. The molecule has 5 rings (SSSR count). The highest BCUT2D eigenvalue weighted by atomic mass is 35.5. The summed E-state index contributed by atoms with van der Waals surface area (Å²) in [5.41, 5.74) is 4.00. The maximum absolute atomic E-state index is 11.4. The fourth-order valence-electron chi connectivity index (χ4n) is 3.32. The molecule has 36 heavy (non-hydrogen) atoms. The van der Waals surface area contributed by atoms with Crippen molar-refractivity contribution in [3.63, 3.8) is 0 Å². The van der Waals surface area contributed by atoms with Gasteiger partial charge in [-0.25, -0.2) is 4.98 Å². The van der Waals surface area contributed by atoms with E-state index in [9.17, 15) is 13.0 Å². The number of hydrogen-bond acceptors (Lipinski definition) is 9. The van der Waals surface area contributed by atoms with Gasteiger partial charge in [0.1, 0.15) is 5.01 Å². The lowest BCUT2D eigenvalue weighted by Crippen LogP contribution is -2.05. The number of nitrogens with one attached hydrogen (secondary N) is 2. The van der Waals surface area contributed by atoms with Crippen molar-refractivity contribution < 1.29 is 13.0 Å². The summed E-state index contributed by atoms with van der Waals surface area (Å²) in [6.07, 6.45) is 0. The number of aryl methyl sites for hydroxylation is 1. The number of anilines is 4. The Hall–Kier alpha value is -3.35. The molecule has 0 fully saturated rings. The average molecular weight is 559 g/mol. The van der Waals surface area contributed by atoms with Crippen molar-refractivity contribution in [2.75, 3.05) is 10.6 Å². The second kappa shape index (κ2) is 9.60. The highest BCUT2D eigenvalue weighted by molar-refractivity contribution is 7.85. The van der Waals surface area contributed by atoms with E-state index in [2.05, 4.69) is 38.6 Å². The Bertz CT molecular complexity index is 1710. The van der Waals surface area contributed by atoms with Crippen molar-refractivity contribution in [2.24, 2.45) is 0 Å². The third kappa shape index (κ3) is 5.40. The molecular weight excluding hydrogens is 543 g/mol. The van der Waals surface area contributed by atoms with Crippen LogP contribution in [0.3, 0.4) is 0 Å². The minimum atomic E-state index is -4.42. The summed E-state index contributed by atoms with van der Waals surface area (Å²) in [4.78, 5) is 16.7. The largest absolute Gasteiger partial charge is 0.324 e. The van der Waals surface area contributed by atoms with Crippen LogP contribution in [0.5, 0.6) is 0 Å². The maximum Gasteiger partial charge on any atom is 0.294 e. The first-order valence-electron chi connectivity index (χ1n) is 10.3. The molecule has 0 atom stereocenters. The summed E-state index contributed by atoms with van der Waals surface area (Å²) in [7, 11) is -4.42. The second-order valence-electron chi connectivity index (χ2n) is 7.69. The lowest BCUT2D eigenvalue weighted by atomic mass is 10.2. The van der Waals surface area contributed by atoms with Gasteiger partial charge in [0, 0.05) is 11.3 Å². The topological polar surface area (TPSA) is 130 Å². The summed E-state index contributed by atoms with van der Waals surface area (Å²) < 4.78 is 33.3. The Morgan fingerprint density at radius 1 is 0.861 bits per heavy atom. The van der Waals surface area contributed by atoms with Gasteiger partial charge in [-0.3, -0.25) is 4.55 Å². The molecule has 0 aliphatic heterocycles. The zero-order valence-electron chi connectivity index (χ0n) is 18.4. The summed E-state index contributed by atoms with van der Waals surface area (Å²) in [6.45, 7) is 2.05. The third-order valence-electron chi connectivity index (χ3n) is 5.02. The van der Waals surface area contributed by atoms with E-state index in [1.54, 1.807) is 11.3 Å². The van der Waals surface area contributed by atoms with Crippen LogP contribution in [0.4, 0.5) is 23.3 Å². The van der Waals surface area contributed by atoms with Crippen molar-refractivity contribution in [2.45, 2.75) is 11.8 Å². The van der Waals surface area contributed by atoms with Crippen LogP contribution in [0.1, 0.15) is 5.56 Å². The molecule has 3 aromatic carbocycles. The molecule has 3 N–H and O–H groups in total. The molecule has 0 saturated heterocycles. The first kappa shape index (κ1) is 24.3. The number of thiazole rings is 1. The van der Waals surface area contributed by atoms with Crippen LogP contribution in [-0.4, -0.2) is 32.9 Å². The molecular formula is C23H16Cl2N6O3S2. The summed E-state index contributed by atoms with van der Waals surface area (Å²) in [5, 5.41) is 6.87. The van der Waals surface area contributed by atoms with Gasteiger partial charge in [-0.1, -0.05) is 17.7 Å². The predicted molar refractivity (Wildman–Crippen MR) is 142 cm³/mol. The lowest BCUT2D eigenvalue weighted by Gasteiger charge is -2.10. The van der Waals surface area contributed by atoms with E-state index in [0.29, 0.717) is 5.69 Å². The minimum Gasteiger partial charge on any atom is -0.324 e. The predicted octanol–water partition coefficient (Wildman–Crippen LogP) is 6.50. The van der Waals surface area contributed by atoms with Gasteiger partial charge in [0.2, 0.25) is 17.2 Å². The van der Waals surface area contributed by atoms with Crippen molar-refractivity contribution >= 4 is 78.1 Å². The van der Waals surface area contributed by atoms with Crippen molar-refractivity contribution in [1.82, 2.24) is 19.9 Å². The van der Waals surface area contributed by atoms with E-state index in [-0.39, 0.29) is 32.8 Å². The second-order valence-corrected chi connectivity index (χ2v) is 10.9. The van der Waals surface area contributed by atoms with Crippen LogP contribution in [0.15, 0.2) is 65.6 Å². The molecule has 0 aliphatic rings. The zero-order chi connectivity index (χ0) is 25.4. The zero-order valence-corrected chi connectivity index (χ0v) is 21.5. The van der Waals surface area contributed by atoms with Crippen LogP contribution < -0.4 is 10.6 Å². The molecule has 2 aromatic heterocycles. The summed E-state index contributed by atoms with van der Waals surface area (Å²) in [6, 6.07) is 17.4. The minimum absolute atomic E-state index is 0.0216. The molecule has 0 saturated carbocycles. The van der Waals surface area contributed by atoms with Crippen molar-refractivity contribution in [3.8, 4) is 10.6 Å². The quantitative estimate of drug-likeness (QED) is 0.200. The molecule has 0 bridgehead atoms. The van der Waals surface area contributed by atoms with Crippen molar-refractivity contribution in [3.05, 3.63) is 76.5 Å². The molecule has 182 valence electrons. The summed E-state index contributed by atoms with van der Waals surface area (Å²) >= 11 is 13.8. The highest BCUT2D eigenvalue weighted by Crippen LogP contribution is 2.32. The smallest absolute Gasteiger partial charge is 0.294 e. The SMILES string of the molecule is Cc1ccc2nc(-c3ccc(Nc4nc(Cl)nc(Nc5cc(S(=O)(=O)O)ccc5Cl)n4)cc3)sc2c1. The Kier molecular flexibility index (Phi) is 6.49.